The molecule has 216 valence electrons. The van der Waals surface area contributed by atoms with E-state index in [4.69, 9.17) is 15.0 Å². The molecular weight excluding hydrogens is 517 g/mol. The van der Waals surface area contributed by atoms with Gasteiger partial charge in [-0.3, -0.25) is 4.79 Å². The fourth-order valence-electron chi connectivity index (χ4n) is 5.39. The summed E-state index contributed by atoms with van der Waals surface area (Å²) in [4.78, 5) is 31.6. The monoisotopic (exact) mass is 557 g/mol. The van der Waals surface area contributed by atoms with Gasteiger partial charge in [-0.25, -0.2) is 9.37 Å². The number of unbranched alkanes of at least 4 members (excludes halogenated alkanes) is 1. The van der Waals surface area contributed by atoms with Crippen molar-refractivity contribution in [2.24, 2.45) is 5.92 Å². The van der Waals surface area contributed by atoms with E-state index in [0.717, 1.165) is 29.9 Å². The summed E-state index contributed by atoms with van der Waals surface area (Å²) in [6.45, 7) is 10.4. The third-order valence-corrected chi connectivity index (χ3v) is 7.93. The minimum absolute atomic E-state index is 0.0858. The average molecular weight is 558 g/mol. The number of hydrogen-bond donors (Lipinski definition) is 1. The Hall–Kier alpha value is -4.01. The number of benzene rings is 2. The molecule has 0 spiro atoms. The predicted molar refractivity (Wildman–Crippen MR) is 162 cm³/mol. The molecule has 8 nitrogen and oxygen atoms in total. The van der Waals surface area contributed by atoms with Crippen LogP contribution in [0.5, 0.6) is 0 Å². The Morgan fingerprint density at radius 3 is 2.54 bits per heavy atom. The molecule has 2 aromatic heterocycles. The maximum absolute atomic E-state index is 13.3. The van der Waals surface area contributed by atoms with Crippen LogP contribution in [-0.4, -0.2) is 63.0 Å². The molecule has 1 atom stereocenters. The predicted octanol–water partition coefficient (Wildman–Crippen LogP) is 5.91. The van der Waals surface area contributed by atoms with Crippen LogP contribution in [0.4, 0.5) is 16.2 Å². The zero-order chi connectivity index (χ0) is 28.8. The summed E-state index contributed by atoms with van der Waals surface area (Å²) in [6, 6.07) is 14.2. The number of carbonyl (C=O) groups is 1. The molecule has 1 saturated heterocycles. The van der Waals surface area contributed by atoms with Gasteiger partial charge in [-0.2, -0.15) is 9.97 Å². The molecule has 1 aliphatic heterocycles. The number of halogens is 1. The second-order valence-corrected chi connectivity index (χ2v) is 11.0. The van der Waals surface area contributed by atoms with Gasteiger partial charge in [-0.1, -0.05) is 62.9 Å². The third kappa shape index (κ3) is 6.84. The lowest BCUT2D eigenvalue weighted by Crippen LogP contribution is -2.49. The summed E-state index contributed by atoms with van der Waals surface area (Å²) in [6.07, 6.45) is 6.56. The van der Waals surface area contributed by atoms with Crippen molar-refractivity contribution in [3.05, 3.63) is 77.4 Å². The number of amides is 1. The molecule has 0 aliphatic carbocycles. The fraction of sp³-hybridized carbons (Fsp3) is 0.438. The SMILES string of the molecule is CCCCC(CC)CNc1nc(N2CCN(C(=O)c3ccc(F)cc3)CC2)nc2c1ncn2Cc1cccc(C)c1. The Kier molecular flexibility index (Phi) is 9.11. The van der Waals surface area contributed by atoms with Crippen molar-refractivity contribution in [3.63, 3.8) is 0 Å². The molecule has 5 rings (SSSR count). The molecule has 1 fully saturated rings. The lowest BCUT2D eigenvalue weighted by molar-refractivity contribution is 0.0746. The first-order valence-corrected chi connectivity index (χ1v) is 14.8. The molecule has 1 aliphatic rings. The minimum atomic E-state index is -0.347. The number of imidazole rings is 1. The molecule has 2 aromatic carbocycles. The van der Waals surface area contributed by atoms with Crippen molar-refractivity contribution in [3.8, 4) is 0 Å². The van der Waals surface area contributed by atoms with E-state index in [1.807, 2.05) is 11.2 Å². The Morgan fingerprint density at radius 2 is 1.83 bits per heavy atom. The van der Waals surface area contributed by atoms with Crippen LogP contribution in [0.3, 0.4) is 0 Å². The second kappa shape index (κ2) is 13.1. The van der Waals surface area contributed by atoms with Crippen LogP contribution in [0.1, 0.15) is 61.0 Å². The van der Waals surface area contributed by atoms with Gasteiger partial charge >= 0.3 is 0 Å². The number of hydrogen-bond acceptors (Lipinski definition) is 6. The highest BCUT2D eigenvalue weighted by Gasteiger charge is 2.25. The lowest BCUT2D eigenvalue weighted by Gasteiger charge is -2.35. The number of aromatic nitrogens is 4. The summed E-state index contributed by atoms with van der Waals surface area (Å²) in [5.41, 5.74) is 4.48. The van der Waals surface area contributed by atoms with E-state index in [0.29, 0.717) is 50.2 Å². The van der Waals surface area contributed by atoms with Gasteiger partial charge in [-0.05, 0) is 49.1 Å². The first-order valence-electron chi connectivity index (χ1n) is 14.8. The maximum Gasteiger partial charge on any atom is 0.253 e. The van der Waals surface area contributed by atoms with Gasteiger partial charge in [0, 0.05) is 38.3 Å². The van der Waals surface area contributed by atoms with Crippen molar-refractivity contribution in [1.82, 2.24) is 24.4 Å². The largest absolute Gasteiger partial charge is 0.368 e. The van der Waals surface area contributed by atoms with Crippen molar-refractivity contribution in [2.45, 2.75) is 53.0 Å². The number of carbonyl (C=O) groups excluding carboxylic acids is 1. The van der Waals surface area contributed by atoms with Crippen molar-refractivity contribution in [1.29, 1.82) is 0 Å². The highest BCUT2D eigenvalue weighted by Crippen LogP contribution is 2.25. The zero-order valence-corrected chi connectivity index (χ0v) is 24.3. The number of rotatable bonds is 11. The van der Waals surface area contributed by atoms with E-state index in [1.54, 1.807) is 12.1 Å². The molecule has 1 unspecified atom stereocenters. The Bertz CT molecular complexity index is 1460. The maximum atomic E-state index is 13.3. The smallest absolute Gasteiger partial charge is 0.253 e. The number of nitrogens with zero attached hydrogens (tertiary/aromatic N) is 6. The van der Waals surface area contributed by atoms with Crippen molar-refractivity contribution >= 4 is 28.8 Å². The highest BCUT2D eigenvalue weighted by molar-refractivity contribution is 5.94. The van der Waals surface area contributed by atoms with Crippen molar-refractivity contribution < 1.29 is 9.18 Å². The van der Waals surface area contributed by atoms with Gasteiger partial charge in [-0.15, -0.1) is 0 Å². The van der Waals surface area contributed by atoms with Gasteiger partial charge in [0.25, 0.3) is 5.91 Å². The topological polar surface area (TPSA) is 79.2 Å². The van der Waals surface area contributed by atoms with Crippen LogP contribution in [0, 0.1) is 18.7 Å². The molecular formula is C32H40FN7O. The van der Waals surface area contributed by atoms with E-state index in [1.165, 1.54) is 42.5 Å². The van der Waals surface area contributed by atoms with Crippen LogP contribution in [0.2, 0.25) is 0 Å². The quantitative estimate of drug-likeness (QED) is 0.247. The molecule has 9 heteroatoms. The van der Waals surface area contributed by atoms with Crippen LogP contribution in [0.15, 0.2) is 54.9 Å². The average Bonchev–Trinajstić information content (AvgIpc) is 3.40. The zero-order valence-electron chi connectivity index (χ0n) is 24.3. The molecule has 0 saturated carbocycles. The summed E-state index contributed by atoms with van der Waals surface area (Å²) < 4.78 is 15.4. The van der Waals surface area contributed by atoms with Gasteiger partial charge in [0.15, 0.2) is 17.0 Å². The van der Waals surface area contributed by atoms with E-state index in [2.05, 4.69) is 59.8 Å². The van der Waals surface area contributed by atoms with Gasteiger partial charge in [0.2, 0.25) is 5.95 Å². The summed E-state index contributed by atoms with van der Waals surface area (Å²) in [5, 5.41) is 3.62. The third-order valence-electron chi connectivity index (χ3n) is 7.93. The summed E-state index contributed by atoms with van der Waals surface area (Å²) in [7, 11) is 0. The fourth-order valence-corrected chi connectivity index (χ4v) is 5.39. The molecule has 1 amide bonds. The number of nitrogens with one attached hydrogen (secondary N) is 1. The molecule has 4 aromatic rings. The second-order valence-electron chi connectivity index (χ2n) is 11.0. The molecule has 0 bridgehead atoms. The first-order chi connectivity index (χ1) is 19.9. The van der Waals surface area contributed by atoms with E-state index in [9.17, 15) is 9.18 Å². The lowest BCUT2D eigenvalue weighted by atomic mass is 9.99. The van der Waals surface area contributed by atoms with Gasteiger partial charge < -0.3 is 19.7 Å². The molecule has 41 heavy (non-hydrogen) atoms. The van der Waals surface area contributed by atoms with E-state index >= 15 is 0 Å². The van der Waals surface area contributed by atoms with Crippen LogP contribution < -0.4 is 10.2 Å². The van der Waals surface area contributed by atoms with E-state index in [-0.39, 0.29) is 11.7 Å². The van der Waals surface area contributed by atoms with Gasteiger partial charge in [0.05, 0.1) is 12.9 Å². The van der Waals surface area contributed by atoms with Crippen molar-refractivity contribution in [2.75, 3.05) is 42.9 Å². The Labute approximate surface area is 241 Å². The normalized spacial score (nSPS) is 14.4. The Morgan fingerprint density at radius 1 is 1.05 bits per heavy atom. The minimum Gasteiger partial charge on any atom is -0.368 e. The standard InChI is InChI=1S/C32H40FN7O/c1-4-6-9-24(5-2)20-34-29-28-30(40(22-35-28)21-25-10-7-8-23(3)19-25)37-32(36-29)39-17-15-38(16-18-39)31(41)26-11-13-27(33)14-12-26/h7-8,10-14,19,22,24H,4-6,9,15-18,20-21H2,1-3H3,(H,34,36,37). The van der Waals surface area contributed by atoms with E-state index < -0.39 is 0 Å². The number of piperazine rings is 1. The Balaban J connectivity index is 1.39. The molecule has 3 heterocycles. The number of anilines is 2. The van der Waals surface area contributed by atoms with Crippen LogP contribution in [-0.2, 0) is 6.54 Å². The molecule has 1 N–H and O–H groups in total. The van der Waals surface area contributed by atoms with Gasteiger partial charge in [0.1, 0.15) is 5.82 Å². The summed E-state index contributed by atoms with van der Waals surface area (Å²) >= 11 is 0. The number of fused-ring (bicyclic) bond motifs is 1. The van der Waals surface area contributed by atoms with Crippen LogP contribution in [0.25, 0.3) is 11.2 Å². The van der Waals surface area contributed by atoms with Crippen LogP contribution >= 0.6 is 0 Å². The number of aryl methyl sites for hydroxylation is 1. The first kappa shape index (κ1) is 28.5. The summed E-state index contributed by atoms with van der Waals surface area (Å²) in [5.74, 6) is 1.53. The molecule has 0 radical (unpaired) electrons. The highest BCUT2D eigenvalue weighted by atomic mass is 19.1.